The van der Waals surface area contributed by atoms with E-state index in [0.29, 0.717) is 11.5 Å². The third-order valence-electron chi connectivity index (χ3n) is 3.50. The molecule has 9 heteroatoms. The van der Waals surface area contributed by atoms with Gasteiger partial charge < -0.3 is 14.8 Å². The van der Waals surface area contributed by atoms with Crippen molar-refractivity contribution in [1.29, 1.82) is 0 Å². The molecule has 0 aliphatic carbocycles. The lowest BCUT2D eigenvalue weighted by atomic mass is 10.2. The Labute approximate surface area is 151 Å². The molecule has 0 saturated heterocycles. The highest BCUT2D eigenvalue weighted by molar-refractivity contribution is 7.92. The van der Waals surface area contributed by atoms with E-state index in [1.165, 1.54) is 20.2 Å². The first-order valence-electron chi connectivity index (χ1n) is 7.51. The molecule has 0 aromatic heterocycles. The lowest BCUT2D eigenvalue weighted by Crippen LogP contribution is -2.27. The van der Waals surface area contributed by atoms with Gasteiger partial charge in [-0.1, -0.05) is 12.1 Å². The van der Waals surface area contributed by atoms with Crippen LogP contribution in [-0.4, -0.2) is 41.3 Å². The molecule has 2 rings (SSSR count). The van der Waals surface area contributed by atoms with Crippen LogP contribution in [0.2, 0.25) is 0 Å². The third-order valence-corrected chi connectivity index (χ3v) is 4.69. The van der Waals surface area contributed by atoms with Gasteiger partial charge in [0, 0.05) is 7.05 Å². The van der Waals surface area contributed by atoms with Gasteiger partial charge in [-0.05, 0) is 30.3 Å². The minimum absolute atomic E-state index is 0.0200. The molecule has 0 bridgehead atoms. The molecule has 0 saturated carbocycles. The number of hydrogen-bond donors (Lipinski definition) is 1. The normalized spacial score (nSPS) is 10.9. The molecule has 0 radical (unpaired) electrons. The summed E-state index contributed by atoms with van der Waals surface area (Å²) in [4.78, 5) is 12.2. The summed E-state index contributed by atoms with van der Waals surface area (Å²) in [7, 11) is -0.796. The summed E-state index contributed by atoms with van der Waals surface area (Å²) >= 11 is 0. The summed E-state index contributed by atoms with van der Waals surface area (Å²) in [5.41, 5.74) is 0.158. The predicted octanol–water partition coefficient (Wildman–Crippen LogP) is 2.25. The standard InChI is InChI=1S/C17H19FN2O5S/c1-20(26(3,22)23)14-9-8-12(18)10-13(14)19-17(21)11-25-16-7-5-4-6-15(16)24-2/h4-10H,11H2,1-3H3,(H,19,21). The second-order valence-corrected chi connectivity index (χ2v) is 7.39. The fraction of sp³-hybridized carbons (Fsp3) is 0.235. The van der Waals surface area contributed by atoms with Crippen LogP contribution >= 0.6 is 0 Å². The van der Waals surface area contributed by atoms with Gasteiger partial charge >= 0.3 is 0 Å². The molecule has 1 N–H and O–H groups in total. The Bertz CT molecular complexity index is 902. The number of para-hydroxylation sites is 2. The Hall–Kier alpha value is -2.81. The van der Waals surface area contributed by atoms with Crippen molar-refractivity contribution in [1.82, 2.24) is 0 Å². The monoisotopic (exact) mass is 382 g/mol. The zero-order chi connectivity index (χ0) is 19.3. The number of carbonyl (C=O) groups excluding carboxylic acids is 1. The fourth-order valence-electron chi connectivity index (χ4n) is 2.13. The zero-order valence-corrected chi connectivity index (χ0v) is 15.3. The fourth-order valence-corrected chi connectivity index (χ4v) is 2.65. The Kier molecular flexibility index (Phi) is 6.04. The average Bonchev–Trinajstić information content (AvgIpc) is 2.59. The van der Waals surface area contributed by atoms with E-state index in [1.807, 2.05) is 0 Å². The van der Waals surface area contributed by atoms with Crippen LogP contribution in [-0.2, 0) is 14.8 Å². The number of benzene rings is 2. The molecular weight excluding hydrogens is 363 g/mol. The summed E-state index contributed by atoms with van der Waals surface area (Å²) in [5, 5.41) is 2.46. The topological polar surface area (TPSA) is 84.9 Å². The SMILES string of the molecule is COc1ccccc1OCC(=O)Nc1cc(F)ccc1N(C)S(C)(=O)=O. The molecule has 0 fully saturated rings. The summed E-state index contributed by atoms with van der Waals surface area (Å²) in [5.74, 6) is -0.359. The number of methoxy groups -OCH3 is 1. The van der Waals surface area contributed by atoms with Gasteiger partial charge in [0.15, 0.2) is 18.1 Å². The van der Waals surface area contributed by atoms with Gasteiger partial charge in [0.25, 0.3) is 5.91 Å². The van der Waals surface area contributed by atoms with E-state index in [0.717, 1.165) is 22.7 Å². The maximum atomic E-state index is 13.5. The lowest BCUT2D eigenvalue weighted by molar-refractivity contribution is -0.118. The Morgan fingerprint density at radius 1 is 1.19 bits per heavy atom. The molecule has 0 heterocycles. The number of amides is 1. The zero-order valence-electron chi connectivity index (χ0n) is 14.5. The van der Waals surface area contributed by atoms with Gasteiger partial charge in [-0.3, -0.25) is 9.10 Å². The number of ether oxygens (including phenoxy) is 2. The first-order valence-corrected chi connectivity index (χ1v) is 9.36. The summed E-state index contributed by atoms with van der Waals surface area (Å²) in [6, 6.07) is 10.2. The molecule has 0 aliphatic rings. The minimum Gasteiger partial charge on any atom is -0.493 e. The van der Waals surface area contributed by atoms with Crippen LogP contribution < -0.4 is 19.1 Å². The second kappa shape index (κ2) is 8.05. The van der Waals surface area contributed by atoms with Crippen molar-refractivity contribution >= 4 is 27.3 Å². The van der Waals surface area contributed by atoms with Crippen LogP contribution in [0.4, 0.5) is 15.8 Å². The first kappa shape index (κ1) is 19.5. The van der Waals surface area contributed by atoms with Crippen molar-refractivity contribution in [3.63, 3.8) is 0 Å². The molecular formula is C17H19FN2O5S. The number of rotatable bonds is 7. The molecule has 1 amide bonds. The molecule has 0 aliphatic heterocycles. The number of sulfonamides is 1. The molecule has 140 valence electrons. The largest absolute Gasteiger partial charge is 0.493 e. The quantitative estimate of drug-likeness (QED) is 0.794. The van der Waals surface area contributed by atoms with Gasteiger partial charge in [0.05, 0.1) is 24.7 Å². The second-order valence-electron chi connectivity index (χ2n) is 5.38. The summed E-state index contributed by atoms with van der Waals surface area (Å²) in [6.07, 6.45) is 1.01. The van der Waals surface area contributed by atoms with Gasteiger partial charge in [-0.25, -0.2) is 12.8 Å². The van der Waals surface area contributed by atoms with E-state index in [2.05, 4.69) is 5.32 Å². The van der Waals surface area contributed by atoms with Crippen molar-refractivity contribution in [2.24, 2.45) is 0 Å². The van der Waals surface area contributed by atoms with E-state index in [1.54, 1.807) is 24.3 Å². The molecule has 26 heavy (non-hydrogen) atoms. The maximum Gasteiger partial charge on any atom is 0.262 e. The highest BCUT2D eigenvalue weighted by atomic mass is 32.2. The molecule has 0 atom stereocenters. The van der Waals surface area contributed by atoms with Crippen LogP contribution in [0.25, 0.3) is 0 Å². The Balaban J connectivity index is 2.15. The van der Waals surface area contributed by atoms with E-state index in [4.69, 9.17) is 9.47 Å². The van der Waals surface area contributed by atoms with E-state index >= 15 is 0 Å². The van der Waals surface area contributed by atoms with Crippen LogP contribution in [0.15, 0.2) is 42.5 Å². The number of carbonyl (C=O) groups is 1. The predicted molar refractivity (Wildman–Crippen MR) is 96.8 cm³/mol. The number of halogens is 1. The Morgan fingerprint density at radius 3 is 2.46 bits per heavy atom. The van der Waals surface area contributed by atoms with Crippen molar-refractivity contribution < 1.29 is 27.1 Å². The minimum atomic E-state index is -3.58. The number of nitrogens with one attached hydrogen (secondary N) is 1. The van der Waals surface area contributed by atoms with Crippen molar-refractivity contribution in [2.45, 2.75) is 0 Å². The average molecular weight is 382 g/mol. The number of hydrogen-bond acceptors (Lipinski definition) is 5. The van der Waals surface area contributed by atoms with Crippen molar-refractivity contribution in [3.05, 3.63) is 48.3 Å². The van der Waals surface area contributed by atoms with Crippen LogP contribution in [0.3, 0.4) is 0 Å². The number of nitrogens with zero attached hydrogens (tertiary/aromatic N) is 1. The van der Waals surface area contributed by atoms with Gasteiger partial charge in [0.2, 0.25) is 10.0 Å². The molecule has 7 nitrogen and oxygen atoms in total. The highest BCUT2D eigenvalue weighted by Crippen LogP contribution is 2.28. The molecule has 0 spiro atoms. The highest BCUT2D eigenvalue weighted by Gasteiger charge is 2.18. The summed E-state index contributed by atoms with van der Waals surface area (Å²) in [6.45, 7) is -0.362. The van der Waals surface area contributed by atoms with Gasteiger partial charge in [0.1, 0.15) is 5.82 Å². The van der Waals surface area contributed by atoms with Crippen LogP contribution in [0.5, 0.6) is 11.5 Å². The third kappa shape index (κ3) is 4.85. The van der Waals surface area contributed by atoms with Crippen LogP contribution in [0, 0.1) is 5.82 Å². The number of anilines is 2. The smallest absolute Gasteiger partial charge is 0.262 e. The maximum absolute atomic E-state index is 13.5. The molecule has 2 aromatic rings. The van der Waals surface area contributed by atoms with Crippen molar-refractivity contribution in [3.8, 4) is 11.5 Å². The van der Waals surface area contributed by atoms with Crippen LogP contribution in [0.1, 0.15) is 0 Å². The summed E-state index contributed by atoms with van der Waals surface area (Å²) < 4.78 is 48.4. The molecule has 2 aromatic carbocycles. The van der Waals surface area contributed by atoms with E-state index in [9.17, 15) is 17.6 Å². The van der Waals surface area contributed by atoms with E-state index in [-0.39, 0.29) is 18.0 Å². The Morgan fingerprint density at radius 2 is 1.85 bits per heavy atom. The lowest BCUT2D eigenvalue weighted by Gasteiger charge is -2.20. The van der Waals surface area contributed by atoms with Gasteiger partial charge in [-0.2, -0.15) is 0 Å². The van der Waals surface area contributed by atoms with Gasteiger partial charge in [-0.15, -0.1) is 0 Å². The van der Waals surface area contributed by atoms with E-state index < -0.39 is 21.7 Å². The van der Waals surface area contributed by atoms with Crippen molar-refractivity contribution in [2.75, 3.05) is 36.6 Å². The first-order chi connectivity index (χ1) is 12.2. The molecule has 0 unspecified atom stereocenters.